The lowest BCUT2D eigenvalue weighted by molar-refractivity contribution is 0.107. The van der Waals surface area contributed by atoms with Crippen molar-refractivity contribution in [2.24, 2.45) is 0 Å². The van der Waals surface area contributed by atoms with Crippen LogP contribution in [-0.4, -0.2) is 13.2 Å². The van der Waals surface area contributed by atoms with E-state index in [1.54, 1.807) is 0 Å². The molecule has 0 unspecified atom stereocenters. The lowest BCUT2D eigenvalue weighted by Gasteiger charge is -2.06. The van der Waals surface area contributed by atoms with Gasteiger partial charge in [-0.05, 0) is 17.7 Å². The minimum atomic E-state index is 0.673. The highest BCUT2D eigenvalue weighted by Gasteiger charge is 1.94. The molecule has 2 nitrogen and oxygen atoms in total. The third kappa shape index (κ3) is 4.60. The van der Waals surface area contributed by atoms with Crippen molar-refractivity contribution in [3.8, 4) is 5.75 Å². The molecule has 0 bridgehead atoms. The van der Waals surface area contributed by atoms with E-state index in [-0.39, 0.29) is 0 Å². The van der Waals surface area contributed by atoms with Crippen LogP contribution in [0.25, 0.3) is 0 Å². The van der Waals surface area contributed by atoms with Crippen LogP contribution < -0.4 is 4.74 Å². The lowest BCUT2D eigenvalue weighted by Crippen LogP contribution is -2.03. The second kappa shape index (κ2) is 7.51. The van der Waals surface area contributed by atoms with Gasteiger partial charge in [0.15, 0.2) is 0 Å². The molecule has 18 heavy (non-hydrogen) atoms. The van der Waals surface area contributed by atoms with Crippen LogP contribution in [0.5, 0.6) is 5.75 Å². The average molecular weight is 242 g/mol. The van der Waals surface area contributed by atoms with E-state index in [4.69, 9.17) is 9.47 Å². The van der Waals surface area contributed by atoms with Gasteiger partial charge in [-0.3, -0.25) is 0 Å². The summed E-state index contributed by atoms with van der Waals surface area (Å²) in [6, 6.07) is 20.1. The van der Waals surface area contributed by atoms with Crippen LogP contribution in [-0.2, 0) is 11.3 Å². The molecule has 0 aromatic heterocycles. The fourth-order valence-corrected chi connectivity index (χ4v) is 1.63. The number of hydrogen-bond acceptors (Lipinski definition) is 2. The van der Waals surface area contributed by atoms with E-state index in [9.17, 15) is 0 Å². The summed E-state index contributed by atoms with van der Waals surface area (Å²) in [7, 11) is 0. The maximum Gasteiger partial charge on any atom is 0.119 e. The van der Waals surface area contributed by atoms with Crippen LogP contribution in [0.15, 0.2) is 60.7 Å². The molecule has 94 valence electrons. The number of rotatable bonds is 7. The third-order valence-corrected chi connectivity index (χ3v) is 2.56. The summed E-state index contributed by atoms with van der Waals surface area (Å²) in [5.74, 6) is 0.917. The Balaban J connectivity index is 1.54. The highest BCUT2D eigenvalue weighted by molar-refractivity contribution is 5.20. The van der Waals surface area contributed by atoms with Gasteiger partial charge in [-0.1, -0.05) is 48.5 Å². The summed E-state index contributed by atoms with van der Waals surface area (Å²) in [5.41, 5.74) is 1.21. The van der Waals surface area contributed by atoms with Crippen molar-refractivity contribution in [2.45, 2.75) is 13.0 Å². The molecule has 0 atom stereocenters. The largest absolute Gasteiger partial charge is 0.494 e. The molecular formula is C16H18O2. The number of benzene rings is 2. The van der Waals surface area contributed by atoms with Crippen molar-refractivity contribution in [3.05, 3.63) is 66.2 Å². The Bertz CT molecular complexity index is 382. The zero-order valence-corrected chi connectivity index (χ0v) is 10.4. The van der Waals surface area contributed by atoms with Crippen molar-refractivity contribution in [1.29, 1.82) is 0 Å². The van der Waals surface area contributed by atoms with Crippen molar-refractivity contribution in [3.63, 3.8) is 0 Å². The highest BCUT2D eigenvalue weighted by Crippen LogP contribution is 2.08. The van der Waals surface area contributed by atoms with Crippen molar-refractivity contribution in [2.75, 3.05) is 13.2 Å². The van der Waals surface area contributed by atoms with E-state index in [1.165, 1.54) is 5.56 Å². The monoisotopic (exact) mass is 242 g/mol. The fourth-order valence-electron chi connectivity index (χ4n) is 1.63. The first kappa shape index (κ1) is 12.7. The summed E-state index contributed by atoms with van der Waals surface area (Å²) in [6.07, 6.45) is 0.904. The van der Waals surface area contributed by atoms with Gasteiger partial charge in [0.25, 0.3) is 0 Å². The summed E-state index contributed by atoms with van der Waals surface area (Å²) in [4.78, 5) is 0. The zero-order valence-electron chi connectivity index (χ0n) is 10.4. The first-order valence-corrected chi connectivity index (χ1v) is 6.25. The molecule has 0 aliphatic rings. The molecule has 0 radical (unpaired) electrons. The Kier molecular flexibility index (Phi) is 5.28. The Morgan fingerprint density at radius 1 is 0.722 bits per heavy atom. The Labute approximate surface area is 108 Å². The minimum Gasteiger partial charge on any atom is -0.494 e. The molecule has 0 fully saturated rings. The second-order valence-electron chi connectivity index (χ2n) is 4.05. The molecule has 0 aliphatic carbocycles. The fraction of sp³-hybridized carbons (Fsp3) is 0.250. The van der Waals surface area contributed by atoms with E-state index in [0.29, 0.717) is 13.2 Å². The number of hydrogen-bond donors (Lipinski definition) is 0. The molecular weight excluding hydrogens is 224 g/mol. The molecule has 0 saturated heterocycles. The van der Waals surface area contributed by atoms with Gasteiger partial charge in [-0.15, -0.1) is 0 Å². The second-order valence-corrected chi connectivity index (χ2v) is 4.05. The van der Waals surface area contributed by atoms with Gasteiger partial charge in [-0.2, -0.15) is 0 Å². The van der Waals surface area contributed by atoms with Gasteiger partial charge >= 0.3 is 0 Å². The molecule has 0 saturated carbocycles. The Morgan fingerprint density at radius 3 is 2.11 bits per heavy atom. The van der Waals surface area contributed by atoms with Gasteiger partial charge in [-0.25, -0.2) is 0 Å². The maximum atomic E-state index is 5.58. The SMILES string of the molecule is c1ccc(COCCCOc2ccccc2)cc1. The van der Waals surface area contributed by atoms with E-state index >= 15 is 0 Å². The Morgan fingerprint density at radius 2 is 1.39 bits per heavy atom. The quantitative estimate of drug-likeness (QED) is 0.690. The zero-order chi connectivity index (χ0) is 12.5. The van der Waals surface area contributed by atoms with Crippen LogP contribution in [0.2, 0.25) is 0 Å². The molecule has 0 spiro atoms. The molecule has 0 heterocycles. The third-order valence-electron chi connectivity index (χ3n) is 2.56. The van der Waals surface area contributed by atoms with Crippen LogP contribution >= 0.6 is 0 Å². The predicted molar refractivity (Wildman–Crippen MR) is 72.7 cm³/mol. The average Bonchev–Trinajstić information content (AvgIpc) is 2.45. The number of ether oxygens (including phenoxy) is 2. The lowest BCUT2D eigenvalue weighted by atomic mass is 10.2. The topological polar surface area (TPSA) is 18.5 Å². The van der Waals surface area contributed by atoms with Crippen LogP contribution in [0.3, 0.4) is 0 Å². The normalized spacial score (nSPS) is 10.2. The Hall–Kier alpha value is -1.80. The summed E-state index contributed by atoms with van der Waals surface area (Å²) in [5, 5.41) is 0. The van der Waals surface area contributed by atoms with Crippen LogP contribution in [0.4, 0.5) is 0 Å². The van der Waals surface area contributed by atoms with Crippen molar-refractivity contribution >= 4 is 0 Å². The minimum absolute atomic E-state index is 0.673. The van der Waals surface area contributed by atoms with Gasteiger partial charge in [0.2, 0.25) is 0 Å². The summed E-state index contributed by atoms with van der Waals surface area (Å²) < 4.78 is 11.2. The molecule has 2 heteroatoms. The van der Waals surface area contributed by atoms with Crippen molar-refractivity contribution < 1.29 is 9.47 Å². The highest BCUT2D eigenvalue weighted by atomic mass is 16.5. The molecule has 0 amide bonds. The molecule has 2 aromatic rings. The number of para-hydroxylation sites is 1. The molecule has 0 N–H and O–H groups in total. The van der Waals surface area contributed by atoms with E-state index < -0.39 is 0 Å². The first-order chi connectivity index (χ1) is 8.95. The van der Waals surface area contributed by atoms with Gasteiger partial charge in [0.1, 0.15) is 5.75 Å². The van der Waals surface area contributed by atoms with Crippen molar-refractivity contribution in [1.82, 2.24) is 0 Å². The predicted octanol–water partition coefficient (Wildman–Crippen LogP) is 3.67. The maximum absolute atomic E-state index is 5.58. The van der Waals surface area contributed by atoms with Gasteiger partial charge in [0.05, 0.1) is 19.8 Å². The molecule has 2 rings (SSSR count). The van der Waals surface area contributed by atoms with Gasteiger partial charge in [0, 0.05) is 6.42 Å². The standard InChI is InChI=1S/C16H18O2/c1-3-8-15(9-4-1)14-17-12-7-13-18-16-10-5-2-6-11-16/h1-6,8-11H,7,12-14H2. The van der Waals surface area contributed by atoms with Crippen LogP contribution in [0.1, 0.15) is 12.0 Å². The molecule has 0 aliphatic heterocycles. The first-order valence-electron chi connectivity index (χ1n) is 6.25. The molecule has 2 aromatic carbocycles. The summed E-state index contributed by atoms with van der Waals surface area (Å²) >= 11 is 0. The van der Waals surface area contributed by atoms with Gasteiger partial charge < -0.3 is 9.47 Å². The van der Waals surface area contributed by atoms with Crippen LogP contribution in [0, 0.1) is 0 Å². The van der Waals surface area contributed by atoms with E-state index in [0.717, 1.165) is 18.8 Å². The summed E-state index contributed by atoms with van der Waals surface area (Å²) in [6.45, 7) is 2.09. The van der Waals surface area contributed by atoms with E-state index in [1.807, 2.05) is 48.5 Å². The smallest absolute Gasteiger partial charge is 0.119 e. The van der Waals surface area contributed by atoms with E-state index in [2.05, 4.69) is 12.1 Å².